The lowest BCUT2D eigenvalue weighted by atomic mass is 10.1. The average Bonchev–Trinajstić information content (AvgIpc) is 2.43. The Morgan fingerprint density at radius 1 is 1.20 bits per heavy atom. The molecule has 3 heteroatoms. The SMILES string of the molecule is Cc1c(N2CCC2)oc2ccccc12.Cl. The van der Waals surface area contributed by atoms with E-state index in [2.05, 4.69) is 24.0 Å². The van der Waals surface area contributed by atoms with Gasteiger partial charge in [0, 0.05) is 24.0 Å². The molecule has 0 spiro atoms. The summed E-state index contributed by atoms with van der Waals surface area (Å²) in [5.74, 6) is 1.07. The Morgan fingerprint density at radius 2 is 1.93 bits per heavy atom. The van der Waals surface area contributed by atoms with Crippen LogP contribution in [0.3, 0.4) is 0 Å². The molecule has 3 rings (SSSR count). The number of aryl methyl sites for hydroxylation is 1. The van der Waals surface area contributed by atoms with E-state index in [-0.39, 0.29) is 12.4 Å². The second-order valence-corrected chi connectivity index (χ2v) is 3.87. The van der Waals surface area contributed by atoms with Crippen LogP contribution in [0.1, 0.15) is 12.0 Å². The van der Waals surface area contributed by atoms with E-state index < -0.39 is 0 Å². The summed E-state index contributed by atoms with van der Waals surface area (Å²) in [6, 6.07) is 8.24. The molecule has 80 valence electrons. The van der Waals surface area contributed by atoms with Crippen molar-refractivity contribution in [2.75, 3.05) is 18.0 Å². The van der Waals surface area contributed by atoms with Crippen molar-refractivity contribution in [1.29, 1.82) is 0 Å². The fraction of sp³-hybridized carbons (Fsp3) is 0.333. The number of anilines is 1. The van der Waals surface area contributed by atoms with E-state index in [0.717, 1.165) is 24.6 Å². The molecule has 0 amide bonds. The Bertz CT molecular complexity index is 473. The van der Waals surface area contributed by atoms with E-state index in [1.807, 2.05) is 12.1 Å². The van der Waals surface area contributed by atoms with Gasteiger partial charge in [0.1, 0.15) is 5.58 Å². The minimum absolute atomic E-state index is 0. The quantitative estimate of drug-likeness (QED) is 0.737. The molecular weight excluding hydrogens is 210 g/mol. The van der Waals surface area contributed by atoms with Gasteiger partial charge in [-0.05, 0) is 19.4 Å². The molecule has 1 aromatic heterocycles. The fourth-order valence-electron chi connectivity index (χ4n) is 1.98. The largest absolute Gasteiger partial charge is 0.440 e. The van der Waals surface area contributed by atoms with Gasteiger partial charge in [-0.3, -0.25) is 0 Å². The van der Waals surface area contributed by atoms with Crippen molar-refractivity contribution in [3.63, 3.8) is 0 Å². The van der Waals surface area contributed by atoms with Gasteiger partial charge in [-0.15, -0.1) is 12.4 Å². The first-order chi connectivity index (χ1) is 6.86. The van der Waals surface area contributed by atoms with Crippen molar-refractivity contribution in [2.45, 2.75) is 13.3 Å². The monoisotopic (exact) mass is 223 g/mol. The van der Waals surface area contributed by atoms with E-state index in [1.165, 1.54) is 17.4 Å². The number of rotatable bonds is 1. The maximum atomic E-state index is 5.83. The van der Waals surface area contributed by atoms with Gasteiger partial charge in [0.25, 0.3) is 0 Å². The van der Waals surface area contributed by atoms with Gasteiger partial charge in [0.2, 0.25) is 0 Å². The highest BCUT2D eigenvalue weighted by atomic mass is 35.5. The summed E-state index contributed by atoms with van der Waals surface area (Å²) in [5.41, 5.74) is 2.28. The second kappa shape index (κ2) is 3.78. The number of fused-ring (bicyclic) bond motifs is 1. The molecule has 1 aliphatic heterocycles. The molecule has 1 saturated heterocycles. The zero-order valence-electron chi connectivity index (χ0n) is 8.69. The number of hydrogen-bond donors (Lipinski definition) is 0. The molecule has 2 aromatic rings. The van der Waals surface area contributed by atoms with Gasteiger partial charge in [-0.25, -0.2) is 0 Å². The normalized spacial score (nSPS) is 14.9. The molecule has 1 aromatic carbocycles. The highest BCUT2D eigenvalue weighted by molar-refractivity contribution is 5.86. The maximum absolute atomic E-state index is 5.83. The molecule has 2 nitrogen and oxygen atoms in total. The molecule has 15 heavy (non-hydrogen) atoms. The van der Waals surface area contributed by atoms with Crippen LogP contribution in [0.2, 0.25) is 0 Å². The van der Waals surface area contributed by atoms with Crippen LogP contribution >= 0.6 is 12.4 Å². The lowest BCUT2D eigenvalue weighted by Crippen LogP contribution is -2.37. The van der Waals surface area contributed by atoms with E-state index in [4.69, 9.17) is 4.42 Å². The Hall–Kier alpha value is -1.15. The molecule has 0 N–H and O–H groups in total. The molecule has 0 radical (unpaired) electrons. The number of halogens is 1. The number of hydrogen-bond acceptors (Lipinski definition) is 2. The summed E-state index contributed by atoms with van der Waals surface area (Å²) >= 11 is 0. The fourth-order valence-corrected chi connectivity index (χ4v) is 1.98. The Kier molecular flexibility index (Phi) is 2.61. The van der Waals surface area contributed by atoms with Crippen LogP contribution < -0.4 is 4.90 Å². The summed E-state index contributed by atoms with van der Waals surface area (Å²) in [5, 5.41) is 1.24. The van der Waals surface area contributed by atoms with Crippen LogP contribution in [0.15, 0.2) is 28.7 Å². The second-order valence-electron chi connectivity index (χ2n) is 3.87. The number of nitrogens with zero attached hydrogens (tertiary/aromatic N) is 1. The van der Waals surface area contributed by atoms with Crippen molar-refractivity contribution >= 4 is 29.3 Å². The van der Waals surface area contributed by atoms with E-state index in [9.17, 15) is 0 Å². The summed E-state index contributed by atoms with van der Waals surface area (Å²) in [6.07, 6.45) is 1.29. The highest BCUT2D eigenvalue weighted by Gasteiger charge is 2.21. The lowest BCUT2D eigenvalue weighted by Gasteiger charge is -2.31. The van der Waals surface area contributed by atoms with E-state index in [0.29, 0.717) is 0 Å². The van der Waals surface area contributed by atoms with Gasteiger partial charge in [-0.2, -0.15) is 0 Å². The standard InChI is InChI=1S/C12H13NO.ClH/c1-9-10-5-2-3-6-11(10)14-12(9)13-7-4-8-13;/h2-3,5-6H,4,7-8H2,1H3;1H. The molecular formula is C12H14ClNO. The van der Waals surface area contributed by atoms with Crippen LogP contribution in [-0.2, 0) is 0 Å². The highest BCUT2D eigenvalue weighted by Crippen LogP contribution is 2.33. The molecule has 0 saturated carbocycles. The van der Waals surface area contributed by atoms with Crippen LogP contribution in [0.4, 0.5) is 5.88 Å². The number of para-hydroxylation sites is 1. The molecule has 0 aliphatic carbocycles. The first kappa shape index (κ1) is 10.4. The summed E-state index contributed by atoms with van der Waals surface area (Å²) in [4.78, 5) is 2.30. The van der Waals surface area contributed by atoms with Crippen molar-refractivity contribution in [1.82, 2.24) is 0 Å². The lowest BCUT2D eigenvalue weighted by molar-refractivity contribution is 0.520. The predicted octanol–water partition coefficient (Wildman–Crippen LogP) is 3.37. The van der Waals surface area contributed by atoms with Crippen molar-refractivity contribution in [3.8, 4) is 0 Å². The minimum atomic E-state index is 0. The van der Waals surface area contributed by atoms with Gasteiger partial charge in [0.05, 0.1) is 0 Å². The third kappa shape index (κ3) is 1.49. The molecule has 1 aliphatic rings. The number of furan rings is 1. The van der Waals surface area contributed by atoms with Gasteiger partial charge in [0.15, 0.2) is 5.88 Å². The first-order valence-electron chi connectivity index (χ1n) is 5.09. The summed E-state index contributed by atoms with van der Waals surface area (Å²) in [7, 11) is 0. The Morgan fingerprint density at radius 3 is 2.53 bits per heavy atom. The summed E-state index contributed by atoms with van der Waals surface area (Å²) < 4.78 is 5.83. The molecule has 0 bridgehead atoms. The first-order valence-corrected chi connectivity index (χ1v) is 5.09. The van der Waals surface area contributed by atoms with Gasteiger partial charge >= 0.3 is 0 Å². The third-order valence-electron chi connectivity index (χ3n) is 2.96. The zero-order valence-corrected chi connectivity index (χ0v) is 9.51. The van der Waals surface area contributed by atoms with Crippen LogP contribution in [0, 0.1) is 6.92 Å². The van der Waals surface area contributed by atoms with Gasteiger partial charge in [-0.1, -0.05) is 18.2 Å². The smallest absolute Gasteiger partial charge is 0.199 e. The molecule has 1 fully saturated rings. The van der Waals surface area contributed by atoms with Crippen LogP contribution in [-0.4, -0.2) is 13.1 Å². The zero-order chi connectivity index (χ0) is 9.54. The van der Waals surface area contributed by atoms with Gasteiger partial charge < -0.3 is 9.32 Å². The van der Waals surface area contributed by atoms with Crippen molar-refractivity contribution in [3.05, 3.63) is 29.8 Å². The van der Waals surface area contributed by atoms with Crippen molar-refractivity contribution in [2.24, 2.45) is 0 Å². The van der Waals surface area contributed by atoms with E-state index in [1.54, 1.807) is 0 Å². The Balaban J connectivity index is 0.000000853. The molecule has 0 atom stereocenters. The Labute approximate surface area is 95.3 Å². The minimum Gasteiger partial charge on any atom is -0.440 e. The molecule has 0 unspecified atom stereocenters. The topological polar surface area (TPSA) is 16.4 Å². The maximum Gasteiger partial charge on any atom is 0.199 e. The predicted molar refractivity (Wildman–Crippen MR) is 65.0 cm³/mol. The summed E-state index contributed by atoms with van der Waals surface area (Å²) in [6.45, 7) is 4.42. The third-order valence-corrected chi connectivity index (χ3v) is 2.96. The molecule has 2 heterocycles. The average molecular weight is 224 g/mol. The van der Waals surface area contributed by atoms with Crippen molar-refractivity contribution < 1.29 is 4.42 Å². The van der Waals surface area contributed by atoms with Crippen LogP contribution in [0.25, 0.3) is 11.0 Å². The van der Waals surface area contributed by atoms with E-state index >= 15 is 0 Å². The van der Waals surface area contributed by atoms with Crippen LogP contribution in [0.5, 0.6) is 0 Å². The number of benzene rings is 1.